The highest BCUT2D eigenvalue weighted by atomic mass is 28.4. The molecule has 0 aromatic carbocycles. The van der Waals surface area contributed by atoms with Crippen molar-refractivity contribution in [1.29, 1.82) is 0 Å². The third kappa shape index (κ3) is 5.85. The second-order valence-electron chi connectivity index (χ2n) is 10.4. The summed E-state index contributed by atoms with van der Waals surface area (Å²) in [6.07, 6.45) is -2.44. The number of hydrogen-bond donors (Lipinski definition) is 2. The molecule has 1 rings (SSSR count). The Morgan fingerprint density at radius 1 is 0.920 bits per heavy atom. The molecule has 0 aromatic heterocycles. The van der Waals surface area contributed by atoms with E-state index in [4.69, 9.17) is 13.6 Å². The number of ether oxygens (including phenoxy) is 1. The molecule has 1 fully saturated rings. The minimum absolute atomic E-state index is 0.00866. The third-order valence-electron chi connectivity index (χ3n) is 6.17. The first-order chi connectivity index (χ1) is 11.0. The summed E-state index contributed by atoms with van der Waals surface area (Å²) >= 11 is 0. The summed E-state index contributed by atoms with van der Waals surface area (Å²) in [4.78, 5) is 0. The van der Waals surface area contributed by atoms with Crippen LogP contribution in [0, 0.1) is 0 Å². The highest BCUT2D eigenvalue weighted by Crippen LogP contribution is 2.40. The van der Waals surface area contributed by atoms with Crippen molar-refractivity contribution < 1.29 is 23.8 Å². The van der Waals surface area contributed by atoms with Gasteiger partial charge >= 0.3 is 0 Å². The average Bonchev–Trinajstić information content (AvgIpc) is 2.38. The van der Waals surface area contributed by atoms with Crippen LogP contribution in [0.2, 0.25) is 36.3 Å². The molecule has 25 heavy (non-hydrogen) atoms. The fourth-order valence-electron chi connectivity index (χ4n) is 2.20. The minimum Gasteiger partial charge on any atom is -0.414 e. The van der Waals surface area contributed by atoms with E-state index in [-0.39, 0.29) is 16.2 Å². The van der Waals surface area contributed by atoms with E-state index in [2.05, 4.69) is 67.7 Å². The van der Waals surface area contributed by atoms with Crippen molar-refractivity contribution in [2.45, 2.75) is 109 Å². The molecule has 1 heterocycles. The summed E-state index contributed by atoms with van der Waals surface area (Å²) in [6.45, 7) is 22.0. The summed E-state index contributed by atoms with van der Waals surface area (Å²) in [7, 11) is -3.98. The molecule has 0 spiro atoms. The topological polar surface area (TPSA) is 68.2 Å². The molecule has 2 N–H and O–H groups in total. The van der Waals surface area contributed by atoms with Crippen LogP contribution in [0.15, 0.2) is 0 Å². The number of aliphatic hydroxyl groups excluding tert-OH is 2. The van der Waals surface area contributed by atoms with Gasteiger partial charge in [0.2, 0.25) is 0 Å². The van der Waals surface area contributed by atoms with E-state index < -0.39 is 35.1 Å². The first-order valence-corrected chi connectivity index (χ1v) is 15.1. The van der Waals surface area contributed by atoms with Crippen LogP contribution in [0.1, 0.15) is 48.0 Å². The Kier molecular flexibility index (Phi) is 7.16. The van der Waals surface area contributed by atoms with E-state index in [9.17, 15) is 10.2 Å². The van der Waals surface area contributed by atoms with Crippen LogP contribution in [0.25, 0.3) is 0 Å². The molecule has 1 saturated heterocycles. The molecule has 0 aromatic rings. The fourth-order valence-corrected chi connectivity index (χ4v) is 4.55. The minimum atomic E-state index is -2.10. The lowest BCUT2D eigenvalue weighted by Crippen LogP contribution is -2.57. The summed E-state index contributed by atoms with van der Waals surface area (Å²) in [5.41, 5.74) is 0. The highest BCUT2D eigenvalue weighted by molar-refractivity contribution is 6.74. The lowest BCUT2D eigenvalue weighted by atomic mass is 10.0. The number of aliphatic hydroxyl groups is 2. The molecule has 150 valence electrons. The second-order valence-corrected chi connectivity index (χ2v) is 19.9. The second kappa shape index (κ2) is 7.69. The van der Waals surface area contributed by atoms with E-state index in [0.29, 0.717) is 13.0 Å². The Bertz CT molecular complexity index is 428. The average molecular weight is 393 g/mol. The molecule has 4 atom stereocenters. The van der Waals surface area contributed by atoms with Gasteiger partial charge in [-0.25, -0.2) is 0 Å². The predicted octanol–water partition coefficient (Wildman–Crippen LogP) is 3.87. The summed E-state index contributed by atoms with van der Waals surface area (Å²) in [5.74, 6) is 0. The van der Waals surface area contributed by atoms with E-state index in [0.717, 1.165) is 0 Å². The largest absolute Gasteiger partial charge is 0.414 e. The Morgan fingerprint density at radius 3 is 1.80 bits per heavy atom. The molecule has 5 nitrogen and oxygen atoms in total. The molecule has 0 radical (unpaired) electrons. The van der Waals surface area contributed by atoms with Crippen molar-refractivity contribution in [3.8, 4) is 0 Å². The van der Waals surface area contributed by atoms with Gasteiger partial charge in [-0.05, 0) is 36.3 Å². The zero-order valence-electron chi connectivity index (χ0n) is 17.8. The van der Waals surface area contributed by atoms with E-state index >= 15 is 0 Å². The van der Waals surface area contributed by atoms with Crippen molar-refractivity contribution in [2.75, 3.05) is 6.61 Å². The van der Waals surface area contributed by atoms with Crippen LogP contribution < -0.4 is 0 Å². The summed E-state index contributed by atoms with van der Waals surface area (Å²) in [5, 5.41) is 21.1. The molecule has 0 aliphatic carbocycles. The van der Waals surface area contributed by atoms with E-state index in [1.807, 2.05) is 0 Å². The van der Waals surface area contributed by atoms with Crippen molar-refractivity contribution in [3.63, 3.8) is 0 Å². The van der Waals surface area contributed by atoms with Crippen LogP contribution in [-0.2, 0) is 13.6 Å². The standard InChI is InChI=1S/C18H40O5Si2/c1-17(2,3)24(7,8)21-12-13-11-14(19)15(16(20)22-13)23-25(9,10)18(4,5)6/h13-16,19-20H,11-12H2,1-10H3/t13?,14-,15?,16-/m0/s1. The monoisotopic (exact) mass is 392 g/mol. The van der Waals surface area contributed by atoms with Gasteiger partial charge in [-0.3, -0.25) is 0 Å². The molecule has 2 unspecified atom stereocenters. The molecule has 0 amide bonds. The van der Waals surface area contributed by atoms with Gasteiger partial charge in [0.25, 0.3) is 0 Å². The van der Waals surface area contributed by atoms with Gasteiger partial charge in [0.1, 0.15) is 6.10 Å². The highest BCUT2D eigenvalue weighted by Gasteiger charge is 2.46. The molecule has 1 aliphatic rings. The summed E-state index contributed by atoms with van der Waals surface area (Å²) < 4.78 is 18.1. The number of hydrogen-bond acceptors (Lipinski definition) is 5. The van der Waals surface area contributed by atoms with Crippen LogP contribution in [0.4, 0.5) is 0 Å². The Hall–Kier alpha value is 0.234. The predicted molar refractivity (Wildman–Crippen MR) is 107 cm³/mol. The first-order valence-electron chi connectivity index (χ1n) is 9.31. The van der Waals surface area contributed by atoms with Gasteiger partial charge in [-0.1, -0.05) is 41.5 Å². The van der Waals surface area contributed by atoms with Crippen LogP contribution in [0.3, 0.4) is 0 Å². The van der Waals surface area contributed by atoms with Crippen molar-refractivity contribution in [3.05, 3.63) is 0 Å². The molecule has 7 heteroatoms. The van der Waals surface area contributed by atoms with Gasteiger partial charge in [0.05, 0.1) is 18.8 Å². The van der Waals surface area contributed by atoms with Crippen molar-refractivity contribution in [2.24, 2.45) is 0 Å². The smallest absolute Gasteiger partial charge is 0.192 e. The molecular weight excluding hydrogens is 352 g/mol. The van der Waals surface area contributed by atoms with Gasteiger partial charge < -0.3 is 23.8 Å². The van der Waals surface area contributed by atoms with Crippen LogP contribution in [0.5, 0.6) is 0 Å². The summed E-state index contributed by atoms with van der Waals surface area (Å²) in [6, 6.07) is 0. The number of rotatable bonds is 5. The molecule has 0 saturated carbocycles. The Labute approximate surface area is 156 Å². The van der Waals surface area contributed by atoms with Crippen molar-refractivity contribution >= 4 is 16.6 Å². The van der Waals surface area contributed by atoms with Gasteiger partial charge in [-0.2, -0.15) is 0 Å². The maximum absolute atomic E-state index is 10.5. The lowest BCUT2D eigenvalue weighted by molar-refractivity contribution is -0.246. The Morgan fingerprint density at radius 2 is 1.40 bits per heavy atom. The maximum Gasteiger partial charge on any atom is 0.192 e. The zero-order chi connectivity index (χ0) is 19.8. The molecule has 1 aliphatic heterocycles. The first kappa shape index (κ1) is 23.3. The van der Waals surface area contributed by atoms with E-state index in [1.54, 1.807) is 0 Å². The molecular formula is C18H40O5Si2. The zero-order valence-corrected chi connectivity index (χ0v) is 19.8. The lowest BCUT2D eigenvalue weighted by Gasteiger charge is -2.45. The fraction of sp³-hybridized carbons (Fsp3) is 1.00. The normalized spacial score (nSPS) is 29.8. The van der Waals surface area contributed by atoms with Crippen LogP contribution in [-0.4, -0.2) is 58.1 Å². The van der Waals surface area contributed by atoms with Gasteiger partial charge in [-0.15, -0.1) is 0 Å². The van der Waals surface area contributed by atoms with Crippen LogP contribution >= 0.6 is 0 Å². The molecule has 0 bridgehead atoms. The third-order valence-corrected chi connectivity index (χ3v) is 15.1. The van der Waals surface area contributed by atoms with Gasteiger partial charge in [0.15, 0.2) is 22.9 Å². The maximum atomic E-state index is 10.5. The van der Waals surface area contributed by atoms with E-state index in [1.165, 1.54) is 0 Å². The Balaban J connectivity index is 2.68. The SMILES string of the molecule is CC(C)(C)[Si](C)(C)OCC1C[C@H](O)C(O[Si](C)(C)C(C)(C)C)[C@@H](O)O1. The van der Waals surface area contributed by atoms with Crippen molar-refractivity contribution in [1.82, 2.24) is 0 Å². The van der Waals surface area contributed by atoms with Gasteiger partial charge in [0, 0.05) is 6.42 Å². The quantitative estimate of drug-likeness (QED) is 0.695.